The lowest BCUT2D eigenvalue weighted by Crippen LogP contribution is -2.28. The summed E-state index contributed by atoms with van der Waals surface area (Å²) in [5.41, 5.74) is 4.16. The zero-order chi connectivity index (χ0) is 13.8. The van der Waals surface area contributed by atoms with Gasteiger partial charge in [0, 0.05) is 12.5 Å². The third-order valence-electron chi connectivity index (χ3n) is 3.66. The number of nitrogens with two attached hydrogens (primary N) is 1. The van der Waals surface area contributed by atoms with Crippen LogP contribution in [0, 0.1) is 0 Å². The van der Waals surface area contributed by atoms with Gasteiger partial charge in [0.2, 0.25) is 0 Å². The molecule has 0 radical (unpaired) electrons. The van der Waals surface area contributed by atoms with Gasteiger partial charge in [0.25, 0.3) is 0 Å². The molecule has 3 heteroatoms. The van der Waals surface area contributed by atoms with Gasteiger partial charge in [-0.15, -0.1) is 0 Å². The van der Waals surface area contributed by atoms with Crippen LogP contribution in [0.25, 0.3) is 10.8 Å². The maximum absolute atomic E-state index is 5.75. The van der Waals surface area contributed by atoms with Crippen molar-refractivity contribution in [2.45, 2.75) is 18.9 Å². The zero-order valence-corrected chi connectivity index (χ0v) is 11.3. The molecule has 2 aromatic carbocycles. The number of hydrogen-bond acceptors (Lipinski definition) is 3. The lowest BCUT2D eigenvalue weighted by atomic mass is 9.96. The predicted octanol–water partition coefficient (Wildman–Crippen LogP) is 3.57. The Labute approximate surface area is 118 Å². The lowest BCUT2D eigenvalue weighted by Gasteiger charge is -2.18. The fraction of sp³-hybridized carbons (Fsp3) is 0.176. The van der Waals surface area contributed by atoms with Crippen LogP contribution in [0.3, 0.4) is 0 Å². The molecule has 3 N–H and O–H groups in total. The zero-order valence-electron chi connectivity index (χ0n) is 11.3. The van der Waals surface area contributed by atoms with Gasteiger partial charge in [-0.1, -0.05) is 42.5 Å². The van der Waals surface area contributed by atoms with Crippen LogP contribution in [0.1, 0.15) is 23.8 Å². The quantitative estimate of drug-likeness (QED) is 0.548. The number of fused-ring (bicyclic) bond motifs is 1. The maximum atomic E-state index is 5.75. The molecule has 0 saturated carbocycles. The van der Waals surface area contributed by atoms with Crippen molar-refractivity contribution in [1.29, 1.82) is 0 Å². The third-order valence-corrected chi connectivity index (χ3v) is 3.66. The minimum absolute atomic E-state index is 0.117. The summed E-state index contributed by atoms with van der Waals surface area (Å²) in [6, 6.07) is 18.7. The SMILES string of the molecule is NNC(CCc1ccco1)c1cccc2ccccc12. The summed E-state index contributed by atoms with van der Waals surface area (Å²) in [4.78, 5) is 0. The Morgan fingerprint density at radius 1 is 1.00 bits per heavy atom. The molecule has 0 spiro atoms. The smallest absolute Gasteiger partial charge is 0.103 e. The van der Waals surface area contributed by atoms with E-state index in [1.165, 1.54) is 16.3 Å². The first kappa shape index (κ1) is 12.9. The lowest BCUT2D eigenvalue weighted by molar-refractivity contribution is 0.460. The molecule has 1 unspecified atom stereocenters. The Bertz CT molecular complexity index is 671. The molecular formula is C17H18N2O. The molecule has 1 heterocycles. The van der Waals surface area contributed by atoms with E-state index in [-0.39, 0.29) is 6.04 Å². The van der Waals surface area contributed by atoms with Crippen LogP contribution in [0.5, 0.6) is 0 Å². The van der Waals surface area contributed by atoms with Crippen molar-refractivity contribution >= 4 is 10.8 Å². The van der Waals surface area contributed by atoms with E-state index in [0.29, 0.717) is 0 Å². The van der Waals surface area contributed by atoms with E-state index in [0.717, 1.165) is 18.6 Å². The molecule has 20 heavy (non-hydrogen) atoms. The number of aryl methyl sites for hydroxylation is 1. The molecule has 0 bridgehead atoms. The van der Waals surface area contributed by atoms with Gasteiger partial charge in [-0.2, -0.15) is 0 Å². The third kappa shape index (κ3) is 2.59. The largest absolute Gasteiger partial charge is 0.469 e. The second kappa shape index (κ2) is 5.90. The van der Waals surface area contributed by atoms with E-state index in [2.05, 4.69) is 47.9 Å². The number of hydrogen-bond donors (Lipinski definition) is 2. The summed E-state index contributed by atoms with van der Waals surface area (Å²) in [5, 5.41) is 2.49. The van der Waals surface area contributed by atoms with Crippen molar-refractivity contribution in [3.05, 3.63) is 72.2 Å². The second-order valence-corrected chi connectivity index (χ2v) is 4.91. The van der Waals surface area contributed by atoms with E-state index in [9.17, 15) is 0 Å². The molecule has 0 aliphatic carbocycles. The van der Waals surface area contributed by atoms with Crippen LogP contribution in [0.4, 0.5) is 0 Å². The van der Waals surface area contributed by atoms with Crippen LogP contribution in [-0.2, 0) is 6.42 Å². The van der Waals surface area contributed by atoms with Crippen molar-refractivity contribution in [2.24, 2.45) is 5.84 Å². The van der Waals surface area contributed by atoms with E-state index >= 15 is 0 Å². The first-order chi connectivity index (χ1) is 9.88. The van der Waals surface area contributed by atoms with Crippen LogP contribution < -0.4 is 11.3 Å². The van der Waals surface area contributed by atoms with Gasteiger partial charge in [0.1, 0.15) is 5.76 Å². The Balaban J connectivity index is 1.87. The number of benzene rings is 2. The van der Waals surface area contributed by atoms with Crippen molar-refractivity contribution in [3.63, 3.8) is 0 Å². The van der Waals surface area contributed by atoms with Crippen LogP contribution in [0.15, 0.2) is 65.3 Å². The fourth-order valence-corrected chi connectivity index (χ4v) is 2.62. The summed E-state index contributed by atoms with van der Waals surface area (Å²) in [5.74, 6) is 6.75. The monoisotopic (exact) mass is 266 g/mol. The summed E-state index contributed by atoms with van der Waals surface area (Å²) >= 11 is 0. The minimum Gasteiger partial charge on any atom is -0.469 e. The fourth-order valence-electron chi connectivity index (χ4n) is 2.62. The molecular weight excluding hydrogens is 248 g/mol. The summed E-state index contributed by atoms with van der Waals surface area (Å²) in [6.07, 6.45) is 3.47. The molecule has 0 fully saturated rings. The van der Waals surface area contributed by atoms with Gasteiger partial charge in [0.05, 0.1) is 6.26 Å². The summed E-state index contributed by atoms with van der Waals surface area (Å²) in [6.45, 7) is 0. The summed E-state index contributed by atoms with van der Waals surface area (Å²) in [7, 11) is 0. The maximum Gasteiger partial charge on any atom is 0.103 e. The van der Waals surface area contributed by atoms with E-state index in [1.807, 2.05) is 12.1 Å². The Morgan fingerprint density at radius 3 is 2.65 bits per heavy atom. The average Bonchev–Trinajstić information content (AvgIpc) is 3.01. The molecule has 0 aliphatic rings. The van der Waals surface area contributed by atoms with Crippen molar-refractivity contribution < 1.29 is 4.42 Å². The van der Waals surface area contributed by atoms with Crippen LogP contribution >= 0.6 is 0 Å². The van der Waals surface area contributed by atoms with Gasteiger partial charge >= 0.3 is 0 Å². The topological polar surface area (TPSA) is 51.2 Å². The molecule has 3 rings (SSSR count). The Hall–Kier alpha value is -2.10. The van der Waals surface area contributed by atoms with E-state index in [4.69, 9.17) is 10.3 Å². The van der Waals surface area contributed by atoms with Gasteiger partial charge < -0.3 is 4.42 Å². The Morgan fingerprint density at radius 2 is 1.85 bits per heavy atom. The molecule has 3 aromatic rings. The highest BCUT2D eigenvalue weighted by Crippen LogP contribution is 2.26. The average molecular weight is 266 g/mol. The predicted molar refractivity (Wildman–Crippen MR) is 81.0 cm³/mol. The molecule has 1 aromatic heterocycles. The highest BCUT2D eigenvalue weighted by molar-refractivity contribution is 5.86. The first-order valence-corrected chi connectivity index (χ1v) is 6.84. The molecule has 3 nitrogen and oxygen atoms in total. The van der Waals surface area contributed by atoms with Gasteiger partial charge in [0.15, 0.2) is 0 Å². The first-order valence-electron chi connectivity index (χ1n) is 6.84. The Kier molecular flexibility index (Phi) is 3.81. The second-order valence-electron chi connectivity index (χ2n) is 4.91. The molecule has 0 aliphatic heterocycles. The van der Waals surface area contributed by atoms with Crippen LogP contribution in [-0.4, -0.2) is 0 Å². The van der Waals surface area contributed by atoms with E-state index < -0.39 is 0 Å². The van der Waals surface area contributed by atoms with Crippen molar-refractivity contribution in [1.82, 2.24) is 5.43 Å². The molecule has 102 valence electrons. The molecule has 0 saturated heterocycles. The van der Waals surface area contributed by atoms with Gasteiger partial charge in [-0.25, -0.2) is 0 Å². The standard InChI is InChI=1S/C17H18N2O/c18-19-17(11-10-14-7-4-12-20-14)16-9-3-6-13-5-1-2-8-15(13)16/h1-9,12,17,19H,10-11,18H2. The number of furan rings is 1. The highest BCUT2D eigenvalue weighted by atomic mass is 16.3. The van der Waals surface area contributed by atoms with Gasteiger partial charge in [-0.05, 0) is 34.9 Å². The minimum atomic E-state index is 0.117. The highest BCUT2D eigenvalue weighted by Gasteiger charge is 2.13. The number of nitrogens with one attached hydrogen (secondary N) is 1. The normalized spacial score (nSPS) is 12.7. The molecule has 1 atom stereocenters. The number of hydrazine groups is 1. The molecule has 0 amide bonds. The number of rotatable bonds is 5. The van der Waals surface area contributed by atoms with Crippen molar-refractivity contribution in [2.75, 3.05) is 0 Å². The van der Waals surface area contributed by atoms with Crippen molar-refractivity contribution in [3.8, 4) is 0 Å². The van der Waals surface area contributed by atoms with E-state index in [1.54, 1.807) is 6.26 Å². The van der Waals surface area contributed by atoms with Gasteiger partial charge in [-0.3, -0.25) is 11.3 Å². The van der Waals surface area contributed by atoms with Crippen LogP contribution in [0.2, 0.25) is 0 Å². The summed E-state index contributed by atoms with van der Waals surface area (Å²) < 4.78 is 5.38.